The lowest BCUT2D eigenvalue weighted by molar-refractivity contribution is -0.116. The van der Waals surface area contributed by atoms with Crippen LogP contribution in [-0.4, -0.2) is 5.78 Å². The quantitative estimate of drug-likeness (QED) is 0.648. The van der Waals surface area contributed by atoms with Gasteiger partial charge in [-0.05, 0) is 25.7 Å². The monoisotopic (exact) mass is 178 g/mol. The number of ketones is 1. The van der Waals surface area contributed by atoms with Crippen molar-refractivity contribution in [2.45, 2.75) is 40.0 Å². The average Bonchev–Trinajstić information content (AvgIpc) is 2.03. The number of carbonyl (C=O) groups excluding carboxylic acids is 1. The maximum atomic E-state index is 11.7. The molecule has 0 aromatic rings. The highest BCUT2D eigenvalue weighted by Crippen LogP contribution is 2.21. The summed E-state index contributed by atoms with van der Waals surface area (Å²) in [5, 5.41) is 0. The van der Waals surface area contributed by atoms with Gasteiger partial charge in [0.05, 0.1) is 0 Å². The van der Waals surface area contributed by atoms with E-state index in [0.717, 1.165) is 18.4 Å². The molecule has 1 aliphatic rings. The Morgan fingerprint density at radius 1 is 1.54 bits per heavy atom. The van der Waals surface area contributed by atoms with Gasteiger partial charge in [0, 0.05) is 12.0 Å². The molecule has 0 fully saturated rings. The van der Waals surface area contributed by atoms with Crippen LogP contribution in [0.1, 0.15) is 40.0 Å². The number of allylic oxidation sites excluding steroid dienone is 4. The van der Waals surface area contributed by atoms with Crippen LogP contribution in [0.3, 0.4) is 0 Å². The molecule has 0 bridgehead atoms. The van der Waals surface area contributed by atoms with Gasteiger partial charge in [-0.2, -0.15) is 0 Å². The standard InChI is InChI=1S/C12H18O/c1-9(2)8-12(13)11-7-5-4-6-10(11)3/h5,7,9H,4,6,8H2,1-3H3. The molecule has 1 heteroatoms. The van der Waals surface area contributed by atoms with E-state index in [4.69, 9.17) is 0 Å². The molecule has 1 aliphatic carbocycles. The van der Waals surface area contributed by atoms with Crippen LogP contribution in [0.4, 0.5) is 0 Å². The highest BCUT2D eigenvalue weighted by molar-refractivity contribution is 5.98. The van der Waals surface area contributed by atoms with Gasteiger partial charge in [0.25, 0.3) is 0 Å². The first-order valence-corrected chi connectivity index (χ1v) is 5.00. The van der Waals surface area contributed by atoms with Gasteiger partial charge >= 0.3 is 0 Å². The van der Waals surface area contributed by atoms with Crippen LogP contribution in [0.2, 0.25) is 0 Å². The predicted molar refractivity (Wildman–Crippen MR) is 55.5 cm³/mol. The smallest absolute Gasteiger partial charge is 0.163 e. The highest BCUT2D eigenvalue weighted by atomic mass is 16.1. The average molecular weight is 178 g/mol. The second-order valence-electron chi connectivity index (χ2n) is 4.16. The fourth-order valence-electron chi connectivity index (χ4n) is 1.59. The molecular weight excluding hydrogens is 160 g/mol. The second kappa shape index (κ2) is 4.40. The van der Waals surface area contributed by atoms with E-state index in [0.29, 0.717) is 18.1 Å². The van der Waals surface area contributed by atoms with Crippen molar-refractivity contribution in [3.63, 3.8) is 0 Å². The van der Waals surface area contributed by atoms with E-state index in [2.05, 4.69) is 26.8 Å². The third kappa shape index (κ3) is 2.83. The van der Waals surface area contributed by atoms with E-state index >= 15 is 0 Å². The van der Waals surface area contributed by atoms with E-state index in [1.165, 1.54) is 5.57 Å². The van der Waals surface area contributed by atoms with Crippen LogP contribution in [-0.2, 0) is 4.79 Å². The SMILES string of the molecule is CC1=C(C(=O)CC(C)C)C=CCC1. The van der Waals surface area contributed by atoms with E-state index < -0.39 is 0 Å². The number of hydrogen-bond acceptors (Lipinski definition) is 1. The Morgan fingerprint density at radius 3 is 2.77 bits per heavy atom. The first-order chi connectivity index (χ1) is 6.11. The zero-order chi connectivity index (χ0) is 9.84. The number of hydrogen-bond donors (Lipinski definition) is 0. The summed E-state index contributed by atoms with van der Waals surface area (Å²) in [5.41, 5.74) is 2.22. The molecule has 0 heterocycles. The van der Waals surface area contributed by atoms with Crippen molar-refractivity contribution < 1.29 is 4.79 Å². The molecule has 72 valence electrons. The van der Waals surface area contributed by atoms with Crippen molar-refractivity contribution in [1.29, 1.82) is 0 Å². The highest BCUT2D eigenvalue weighted by Gasteiger charge is 2.13. The van der Waals surface area contributed by atoms with Gasteiger partial charge in [-0.25, -0.2) is 0 Å². The zero-order valence-electron chi connectivity index (χ0n) is 8.76. The maximum Gasteiger partial charge on any atom is 0.163 e. The lowest BCUT2D eigenvalue weighted by Crippen LogP contribution is -2.08. The van der Waals surface area contributed by atoms with E-state index in [1.807, 2.05) is 6.08 Å². The van der Waals surface area contributed by atoms with Gasteiger partial charge in [-0.3, -0.25) is 4.79 Å². The minimum absolute atomic E-state index is 0.309. The first-order valence-electron chi connectivity index (χ1n) is 5.00. The van der Waals surface area contributed by atoms with Gasteiger partial charge in [0.15, 0.2) is 5.78 Å². The van der Waals surface area contributed by atoms with Gasteiger partial charge in [0.2, 0.25) is 0 Å². The Morgan fingerprint density at radius 2 is 2.23 bits per heavy atom. The topological polar surface area (TPSA) is 17.1 Å². The predicted octanol–water partition coefficient (Wildman–Crippen LogP) is 3.27. The Balaban J connectivity index is 2.70. The largest absolute Gasteiger partial charge is 0.294 e. The molecule has 0 aromatic carbocycles. The van der Waals surface area contributed by atoms with Crippen molar-refractivity contribution in [1.82, 2.24) is 0 Å². The zero-order valence-corrected chi connectivity index (χ0v) is 8.76. The van der Waals surface area contributed by atoms with E-state index in [9.17, 15) is 4.79 Å². The minimum Gasteiger partial charge on any atom is -0.294 e. The molecule has 0 N–H and O–H groups in total. The third-order valence-electron chi connectivity index (χ3n) is 2.32. The minimum atomic E-state index is 0.309. The fraction of sp³-hybridized carbons (Fsp3) is 0.583. The molecular formula is C12H18O. The summed E-state index contributed by atoms with van der Waals surface area (Å²) in [6.45, 7) is 6.23. The molecule has 1 nitrogen and oxygen atoms in total. The molecule has 0 aromatic heterocycles. The van der Waals surface area contributed by atoms with E-state index in [1.54, 1.807) is 0 Å². The fourth-order valence-corrected chi connectivity index (χ4v) is 1.59. The van der Waals surface area contributed by atoms with Gasteiger partial charge in [0.1, 0.15) is 0 Å². The van der Waals surface area contributed by atoms with Crippen molar-refractivity contribution in [3.8, 4) is 0 Å². The van der Waals surface area contributed by atoms with Gasteiger partial charge < -0.3 is 0 Å². The summed E-state index contributed by atoms with van der Waals surface area (Å²) in [6.07, 6.45) is 6.90. The van der Waals surface area contributed by atoms with Crippen molar-refractivity contribution >= 4 is 5.78 Å². The maximum absolute atomic E-state index is 11.7. The summed E-state index contributed by atoms with van der Waals surface area (Å²) in [6, 6.07) is 0. The molecule has 1 rings (SSSR count). The first kappa shape index (κ1) is 10.2. The lowest BCUT2D eigenvalue weighted by Gasteiger charge is -2.12. The van der Waals surface area contributed by atoms with Gasteiger partial charge in [-0.15, -0.1) is 0 Å². The van der Waals surface area contributed by atoms with Crippen LogP contribution in [0.5, 0.6) is 0 Å². The molecule has 13 heavy (non-hydrogen) atoms. The third-order valence-corrected chi connectivity index (χ3v) is 2.32. The van der Waals surface area contributed by atoms with Crippen LogP contribution in [0.25, 0.3) is 0 Å². The lowest BCUT2D eigenvalue weighted by atomic mass is 9.92. The molecule has 0 amide bonds. The van der Waals surface area contributed by atoms with Crippen molar-refractivity contribution in [2.75, 3.05) is 0 Å². The normalized spacial score (nSPS) is 16.9. The number of rotatable bonds is 3. The molecule has 0 atom stereocenters. The van der Waals surface area contributed by atoms with Crippen LogP contribution in [0, 0.1) is 5.92 Å². The summed E-state index contributed by atoms with van der Waals surface area (Å²) in [5.74, 6) is 0.770. The Hall–Kier alpha value is -0.850. The van der Waals surface area contributed by atoms with Crippen molar-refractivity contribution in [2.24, 2.45) is 5.92 Å². The Labute approximate surface area is 80.5 Å². The van der Waals surface area contributed by atoms with Crippen LogP contribution >= 0.6 is 0 Å². The van der Waals surface area contributed by atoms with Crippen molar-refractivity contribution in [3.05, 3.63) is 23.3 Å². The molecule has 0 unspecified atom stereocenters. The van der Waals surface area contributed by atoms with Crippen LogP contribution in [0.15, 0.2) is 23.3 Å². The molecule has 0 saturated carbocycles. The van der Waals surface area contributed by atoms with E-state index in [-0.39, 0.29) is 0 Å². The number of Topliss-reactive ketones (excluding diaryl/α,β-unsaturated/α-hetero) is 1. The summed E-state index contributed by atoms with van der Waals surface area (Å²) in [7, 11) is 0. The second-order valence-corrected chi connectivity index (χ2v) is 4.16. The summed E-state index contributed by atoms with van der Waals surface area (Å²) in [4.78, 5) is 11.7. The van der Waals surface area contributed by atoms with Gasteiger partial charge in [-0.1, -0.05) is 31.6 Å². The van der Waals surface area contributed by atoms with Crippen LogP contribution < -0.4 is 0 Å². The Kier molecular flexibility index (Phi) is 3.47. The molecule has 0 spiro atoms. The molecule has 0 radical (unpaired) electrons. The summed E-state index contributed by atoms with van der Waals surface area (Å²) < 4.78 is 0. The molecule has 0 saturated heterocycles. The Bertz CT molecular complexity index is 256. The molecule has 0 aliphatic heterocycles. The number of carbonyl (C=O) groups is 1. The summed E-state index contributed by atoms with van der Waals surface area (Å²) >= 11 is 0.